The molecule has 1 saturated carbocycles. The highest BCUT2D eigenvalue weighted by atomic mass is 14.8. The summed E-state index contributed by atoms with van der Waals surface area (Å²) in [5.74, 6) is 1.64. The average Bonchev–Trinajstić information content (AvgIpc) is 2.92. The zero-order chi connectivity index (χ0) is 13.8. The van der Waals surface area contributed by atoms with E-state index >= 15 is 0 Å². The number of nitrogens with zero attached hydrogens (tertiary/aromatic N) is 1. The van der Waals surface area contributed by atoms with E-state index < -0.39 is 0 Å². The number of nitrogens with one attached hydrogen (secondary N) is 1. The van der Waals surface area contributed by atoms with E-state index in [0.29, 0.717) is 0 Å². The van der Waals surface area contributed by atoms with Gasteiger partial charge in [-0.3, -0.25) is 4.98 Å². The minimum atomic E-state index is 0.808. The molecule has 1 N–H and O–H groups in total. The topological polar surface area (TPSA) is 24.9 Å². The molecule has 20 heavy (non-hydrogen) atoms. The highest BCUT2D eigenvalue weighted by Gasteiger charge is 2.27. The third-order valence-corrected chi connectivity index (χ3v) is 4.60. The van der Waals surface area contributed by atoms with Crippen LogP contribution in [0.3, 0.4) is 0 Å². The Hall–Kier alpha value is -1.41. The van der Waals surface area contributed by atoms with Crippen molar-refractivity contribution >= 4 is 10.9 Å². The van der Waals surface area contributed by atoms with Crippen LogP contribution in [0.4, 0.5) is 0 Å². The summed E-state index contributed by atoms with van der Waals surface area (Å²) in [6, 6.07) is 12.8. The van der Waals surface area contributed by atoms with Gasteiger partial charge in [-0.1, -0.05) is 37.6 Å². The highest BCUT2D eigenvalue weighted by Crippen LogP contribution is 2.33. The summed E-state index contributed by atoms with van der Waals surface area (Å²) >= 11 is 0. The molecule has 2 atom stereocenters. The van der Waals surface area contributed by atoms with Crippen molar-refractivity contribution in [2.75, 3.05) is 13.1 Å². The summed E-state index contributed by atoms with van der Waals surface area (Å²) in [5, 5.41) is 4.76. The van der Waals surface area contributed by atoms with Crippen LogP contribution in [0, 0.1) is 11.8 Å². The Balaban J connectivity index is 1.71. The molecule has 0 spiro atoms. The van der Waals surface area contributed by atoms with Crippen molar-refractivity contribution in [3.05, 3.63) is 42.1 Å². The van der Waals surface area contributed by atoms with Crippen LogP contribution < -0.4 is 5.32 Å². The lowest BCUT2D eigenvalue weighted by molar-refractivity contribution is 0.366. The fourth-order valence-electron chi connectivity index (χ4n) is 3.47. The van der Waals surface area contributed by atoms with E-state index in [0.717, 1.165) is 30.3 Å². The maximum atomic E-state index is 4.83. The first-order valence-corrected chi connectivity index (χ1v) is 7.92. The molecule has 106 valence electrons. The monoisotopic (exact) mass is 268 g/mol. The normalized spacial score (nSPS) is 22.4. The molecule has 0 saturated heterocycles. The van der Waals surface area contributed by atoms with E-state index in [9.17, 15) is 0 Å². The maximum absolute atomic E-state index is 4.83. The molecule has 2 unspecified atom stereocenters. The maximum Gasteiger partial charge on any atom is 0.0705 e. The van der Waals surface area contributed by atoms with E-state index in [1.165, 1.54) is 36.9 Å². The van der Waals surface area contributed by atoms with E-state index in [4.69, 9.17) is 4.98 Å². The Morgan fingerprint density at radius 2 is 1.95 bits per heavy atom. The fraction of sp³-hybridized carbons (Fsp3) is 0.500. The Morgan fingerprint density at radius 3 is 2.85 bits per heavy atom. The Labute approximate surface area is 121 Å². The SMILES string of the molecule is CCNCC1CCCC1Cc1ccc2ccccc2n1. The Bertz CT molecular complexity index is 564. The molecule has 2 nitrogen and oxygen atoms in total. The van der Waals surface area contributed by atoms with Crippen molar-refractivity contribution in [2.24, 2.45) is 11.8 Å². The lowest BCUT2D eigenvalue weighted by Crippen LogP contribution is -2.26. The Morgan fingerprint density at radius 1 is 1.10 bits per heavy atom. The minimum Gasteiger partial charge on any atom is -0.317 e. The molecule has 1 heterocycles. The molecule has 0 radical (unpaired) electrons. The molecule has 1 aliphatic rings. The third-order valence-electron chi connectivity index (χ3n) is 4.60. The predicted octanol–water partition coefficient (Wildman–Crippen LogP) is 3.80. The van der Waals surface area contributed by atoms with Crippen molar-refractivity contribution in [3.8, 4) is 0 Å². The van der Waals surface area contributed by atoms with E-state index in [1.807, 2.05) is 0 Å². The van der Waals surface area contributed by atoms with Crippen LogP contribution >= 0.6 is 0 Å². The quantitative estimate of drug-likeness (QED) is 0.892. The first-order valence-electron chi connectivity index (χ1n) is 7.92. The van der Waals surface area contributed by atoms with Gasteiger partial charge < -0.3 is 5.32 Å². The lowest BCUT2D eigenvalue weighted by Gasteiger charge is -2.19. The molecule has 3 rings (SSSR count). The van der Waals surface area contributed by atoms with Gasteiger partial charge in [0.05, 0.1) is 5.52 Å². The second-order valence-electron chi connectivity index (χ2n) is 5.96. The first-order chi connectivity index (χ1) is 9.86. The summed E-state index contributed by atoms with van der Waals surface area (Å²) in [6.07, 6.45) is 5.27. The smallest absolute Gasteiger partial charge is 0.0705 e. The summed E-state index contributed by atoms with van der Waals surface area (Å²) in [5.41, 5.74) is 2.39. The van der Waals surface area contributed by atoms with Gasteiger partial charge in [-0.05, 0) is 56.3 Å². The van der Waals surface area contributed by atoms with Crippen LogP contribution in [0.1, 0.15) is 31.9 Å². The summed E-state index contributed by atoms with van der Waals surface area (Å²) in [4.78, 5) is 4.83. The third kappa shape index (κ3) is 3.01. The van der Waals surface area contributed by atoms with Crippen molar-refractivity contribution in [2.45, 2.75) is 32.6 Å². The zero-order valence-corrected chi connectivity index (χ0v) is 12.3. The number of hydrogen-bond acceptors (Lipinski definition) is 2. The van der Waals surface area contributed by atoms with Crippen LogP contribution in [-0.2, 0) is 6.42 Å². The molecule has 0 amide bonds. The molecule has 0 bridgehead atoms. The van der Waals surface area contributed by atoms with Crippen LogP contribution in [0.25, 0.3) is 10.9 Å². The minimum absolute atomic E-state index is 0.808. The van der Waals surface area contributed by atoms with Gasteiger partial charge in [0.15, 0.2) is 0 Å². The molecule has 1 aromatic carbocycles. The number of para-hydroxylation sites is 1. The van der Waals surface area contributed by atoms with Gasteiger partial charge in [0, 0.05) is 11.1 Å². The zero-order valence-electron chi connectivity index (χ0n) is 12.3. The highest BCUT2D eigenvalue weighted by molar-refractivity contribution is 5.78. The summed E-state index contributed by atoms with van der Waals surface area (Å²) in [7, 11) is 0. The van der Waals surface area contributed by atoms with Gasteiger partial charge in [-0.2, -0.15) is 0 Å². The number of hydrogen-bond donors (Lipinski definition) is 1. The summed E-state index contributed by atoms with van der Waals surface area (Å²) in [6.45, 7) is 4.45. The number of aromatic nitrogens is 1. The molecule has 2 heteroatoms. The van der Waals surface area contributed by atoms with E-state index in [1.54, 1.807) is 0 Å². The molecular formula is C18H24N2. The number of fused-ring (bicyclic) bond motifs is 1. The van der Waals surface area contributed by atoms with Crippen LogP contribution in [0.15, 0.2) is 36.4 Å². The van der Waals surface area contributed by atoms with E-state index in [2.05, 4.69) is 48.6 Å². The van der Waals surface area contributed by atoms with Crippen molar-refractivity contribution in [1.82, 2.24) is 10.3 Å². The fourth-order valence-corrected chi connectivity index (χ4v) is 3.47. The number of pyridine rings is 1. The number of rotatable bonds is 5. The molecule has 1 fully saturated rings. The van der Waals surface area contributed by atoms with E-state index in [-0.39, 0.29) is 0 Å². The first kappa shape index (κ1) is 13.6. The molecule has 1 aliphatic carbocycles. The van der Waals surface area contributed by atoms with Crippen molar-refractivity contribution in [3.63, 3.8) is 0 Å². The molecule has 0 aliphatic heterocycles. The van der Waals surface area contributed by atoms with Crippen molar-refractivity contribution < 1.29 is 0 Å². The van der Waals surface area contributed by atoms with Gasteiger partial charge in [0.1, 0.15) is 0 Å². The molecule has 2 aromatic rings. The van der Waals surface area contributed by atoms with Gasteiger partial charge >= 0.3 is 0 Å². The van der Waals surface area contributed by atoms with Crippen molar-refractivity contribution in [1.29, 1.82) is 0 Å². The largest absolute Gasteiger partial charge is 0.317 e. The van der Waals surface area contributed by atoms with Gasteiger partial charge in [0.25, 0.3) is 0 Å². The van der Waals surface area contributed by atoms with Crippen LogP contribution in [0.5, 0.6) is 0 Å². The van der Waals surface area contributed by atoms with Crippen LogP contribution in [0.2, 0.25) is 0 Å². The lowest BCUT2D eigenvalue weighted by atomic mass is 9.91. The molecular weight excluding hydrogens is 244 g/mol. The molecule has 1 aromatic heterocycles. The van der Waals surface area contributed by atoms with Gasteiger partial charge in [-0.15, -0.1) is 0 Å². The van der Waals surface area contributed by atoms with Crippen LogP contribution in [-0.4, -0.2) is 18.1 Å². The van der Waals surface area contributed by atoms with Gasteiger partial charge in [-0.25, -0.2) is 0 Å². The number of benzene rings is 1. The second kappa shape index (κ2) is 6.36. The summed E-state index contributed by atoms with van der Waals surface area (Å²) < 4.78 is 0. The average molecular weight is 268 g/mol. The predicted molar refractivity (Wildman–Crippen MR) is 84.8 cm³/mol. The standard InChI is InChI=1S/C18H24N2/c1-2-19-13-16-8-5-7-15(16)12-17-11-10-14-6-3-4-9-18(14)20-17/h3-4,6,9-11,15-16,19H,2,5,7-8,12-13H2,1H3. The second-order valence-corrected chi connectivity index (χ2v) is 5.96. The Kier molecular flexibility index (Phi) is 4.31. The van der Waals surface area contributed by atoms with Gasteiger partial charge in [0.2, 0.25) is 0 Å².